The number of pyridine rings is 1. The molecule has 0 spiro atoms. The summed E-state index contributed by atoms with van der Waals surface area (Å²) < 4.78 is 0. The molecule has 1 heterocycles. The van der Waals surface area contributed by atoms with Crippen LogP contribution in [0.5, 0.6) is 0 Å². The third-order valence-electron chi connectivity index (χ3n) is 2.89. The van der Waals surface area contributed by atoms with Gasteiger partial charge in [0.25, 0.3) is 0 Å². The Balaban J connectivity index is 2.39. The van der Waals surface area contributed by atoms with Gasteiger partial charge in [0.15, 0.2) is 0 Å². The van der Waals surface area contributed by atoms with Gasteiger partial charge in [-0.1, -0.05) is 12.8 Å². The summed E-state index contributed by atoms with van der Waals surface area (Å²) >= 11 is 0. The van der Waals surface area contributed by atoms with E-state index in [1.165, 1.54) is 36.8 Å². The van der Waals surface area contributed by atoms with Crippen molar-refractivity contribution in [1.29, 1.82) is 5.26 Å². The lowest BCUT2D eigenvalue weighted by atomic mass is 9.92. The third-order valence-corrected chi connectivity index (χ3v) is 2.89. The van der Waals surface area contributed by atoms with Crippen molar-refractivity contribution < 1.29 is 0 Å². The largest absolute Gasteiger partial charge is 0.263 e. The van der Waals surface area contributed by atoms with Crippen LogP contribution in [0.2, 0.25) is 0 Å². The van der Waals surface area contributed by atoms with Crippen LogP contribution in [0.25, 0.3) is 0 Å². The lowest BCUT2D eigenvalue weighted by Crippen LogP contribution is -2.03. The number of aryl methyl sites for hydroxylation is 1. The predicted octanol–water partition coefficient (Wildman–Crippen LogP) is 2.61. The molecule has 0 saturated heterocycles. The van der Waals surface area contributed by atoms with E-state index in [1.54, 1.807) is 6.20 Å². The van der Waals surface area contributed by atoms with Crippen LogP contribution in [0.4, 0.5) is 0 Å². The van der Waals surface area contributed by atoms with Crippen LogP contribution in [0.1, 0.15) is 42.4 Å². The van der Waals surface area contributed by atoms with Crippen molar-refractivity contribution >= 4 is 0 Å². The Morgan fingerprint density at radius 3 is 2.64 bits per heavy atom. The fraction of sp³-hybridized carbons (Fsp3) is 0.500. The molecule has 0 bridgehead atoms. The zero-order valence-electron chi connectivity index (χ0n) is 8.29. The first-order valence-electron chi connectivity index (χ1n) is 5.27. The number of nitriles is 1. The van der Waals surface area contributed by atoms with E-state index in [1.807, 2.05) is 6.20 Å². The molecule has 14 heavy (non-hydrogen) atoms. The maximum atomic E-state index is 8.97. The fourth-order valence-corrected chi connectivity index (χ4v) is 2.11. The van der Waals surface area contributed by atoms with E-state index in [4.69, 9.17) is 5.26 Å². The number of hydrogen-bond acceptors (Lipinski definition) is 2. The molecule has 0 radical (unpaired) electrons. The molecule has 1 aromatic rings. The Bertz CT molecular complexity index is 363. The van der Waals surface area contributed by atoms with Crippen molar-refractivity contribution in [2.24, 2.45) is 0 Å². The first kappa shape index (κ1) is 9.21. The number of rotatable bonds is 0. The molecule has 0 aliphatic heterocycles. The summed E-state index contributed by atoms with van der Waals surface area (Å²) in [5.74, 6) is 0. The molecule has 0 aromatic carbocycles. The van der Waals surface area contributed by atoms with Gasteiger partial charge in [-0.25, -0.2) is 0 Å². The van der Waals surface area contributed by atoms with Crippen LogP contribution in [-0.4, -0.2) is 4.98 Å². The standard InChI is InChI=1S/C12H14N2/c13-7-11-9-14-8-10-5-3-1-2-4-6-12(10)11/h8-9H,1-6H2. The smallest absolute Gasteiger partial charge is 0.101 e. The van der Waals surface area contributed by atoms with Crippen LogP contribution >= 0.6 is 0 Å². The highest BCUT2D eigenvalue weighted by molar-refractivity contribution is 5.40. The monoisotopic (exact) mass is 186 g/mol. The highest BCUT2D eigenvalue weighted by Gasteiger charge is 2.10. The molecule has 0 atom stereocenters. The van der Waals surface area contributed by atoms with Gasteiger partial charge in [0, 0.05) is 12.4 Å². The SMILES string of the molecule is N#Cc1cncc2c1CCCCCC2. The second-order valence-electron chi connectivity index (χ2n) is 3.85. The lowest BCUT2D eigenvalue weighted by molar-refractivity contribution is 0.615. The summed E-state index contributed by atoms with van der Waals surface area (Å²) in [5.41, 5.74) is 3.33. The van der Waals surface area contributed by atoms with Crippen molar-refractivity contribution in [3.8, 4) is 6.07 Å². The normalized spacial score (nSPS) is 16.2. The number of hydrogen-bond donors (Lipinski definition) is 0. The van der Waals surface area contributed by atoms with Gasteiger partial charge >= 0.3 is 0 Å². The van der Waals surface area contributed by atoms with Gasteiger partial charge in [0.05, 0.1) is 5.56 Å². The highest BCUT2D eigenvalue weighted by Crippen LogP contribution is 2.21. The summed E-state index contributed by atoms with van der Waals surface area (Å²) in [4.78, 5) is 4.12. The third kappa shape index (κ3) is 1.77. The first-order chi connectivity index (χ1) is 6.92. The predicted molar refractivity (Wildman–Crippen MR) is 54.8 cm³/mol. The summed E-state index contributed by atoms with van der Waals surface area (Å²) in [6.07, 6.45) is 10.8. The topological polar surface area (TPSA) is 36.7 Å². The molecule has 0 unspecified atom stereocenters. The second-order valence-corrected chi connectivity index (χ2v) is 3.85. The minimum Gasteiger partial charge on any atom is -0.263 e. The molecule has 1 aromatic heterocycles. The number of nitrogens with zero attached hydrogens (tertiary/aromatic N) is 2. The molecule has 0 N–H and O–H groups in total. The van der Waals surface area contributed by atoms with E-state index in [2.05, 4.69) is 11.1 Å². The lowest BCUT2D eigenvalue weighted by Gasteiger charge is -2.13. The molecule has 2 rings (SSSR count). The Morgan fingerprint density at radius 2 is 1.86 bits per heavy atom. The van der Waals surface area contributed by atoms with Crippen LogP contribution in [0, 0.1) is 11.3 Å². The molecule has 1 aliphatic rings. The first-order valence-corrected chi connectivity index (χ1v) is 5.27. The van der Waals surface area contributed by atoms with E-state index in [0.717, 1.165) is 18.4 Å². The molecule has 2 heteroatoms. The minimum absolute atomic E-state index is 0.782. The van der Waals surface area contributed by atoms with Crippen molar-refractivity contribution in [2.75, 3.05) is 0 Å². The van der Waals surface area contributed by atoms with Gasteiger partial charge in [-0.15, -0.1) is 0 Å². The van der Waals surface area contributed by atoms with E-state index < -0.39 is 0 Å². The average Bonchev–Trinajstić information content (AvgIpc) is 2.18. The molecular formula is C12H14N2. The molecule has 72 valence electrons. The van der Waals surface area contributed by atoms with Gasteiger partial charge < -0.3 is 0 Å². The maximum absolute atomic E-state index is 8.97. The molecular weight excluding hydrogens is 172 g/mol. The second kappa shape index (κ2) is 4.23. The van der Waals surface area contributed by atoms with Crippen LogP contribution < -0.4 is 0 Å². The van der Waals surface area contributed by atoms with E-state index in [0.29, 0.717) is 0 Å². The van der Waals surface area contributed by atoms with Crippen molar-refractivity contribution in [3.63, 3.8) is 0 Å². The van der Waals surface area contributed by atoms with Crippen molar-refractivity contribution in [3.05, 3.63) is 29.1 Å². The number of fused-ring (bicyclic) bond motifs is 1. The Kier molecular flexibility index (Phi) is 2.78. The molecule has 1 aliphatic carbocycles. The fourth-order valence-electron chi connectivity index (χ4n) is 2.11. The minimum atomic E-state index is 0.782. The van der Waals surface area contributed by atoms with E-state index >= 15 is 0 Å². The Hall–Kier alpha value is -1.36. The van der Waals surface area contributed by atoms with Crippen molar-refractivity contribution in [1.82, 2.24) is 4.98 Å². The summed E-state index contributed by atoms with van der Waals surface area (Å²) in [5, 5.41) is 8.97. The van der Waals surface area contributed by atoms with E-state index in [-0.39, 0.29) is 0 Å². The average molecular weight is 186 g/mol. The van der Waals surface area contributed by atoms with Gasteiger partial charge in [-0.2, -0.15) is 5.26 Å². The zero-order valence-corrected chi connectivity index (χ0v) is 8.29. The van der Waals surface area contributed by atoms with Gasteiger partial charge in [0.1, 0.15) is 6.07 Å². The van der Waals surface area contributed by atoms with Crippen LogP contribution in [0.3, 0.4) is 0 Å². The summed E-state index contributed by atoms with van der Waals surface area (Å²) in [6, 6.07) is 2.24. The molecule has 0 fully saturated rings. The quantitative estimate of drug-likeness (QED) is 0.624. The molecule has 0 amide bonds. The van der Waals surface area contributed by atoms with E-state index in [9.17, 15) is 0 Å². The number of aromatic nitrogens is 1. The van der Waals surface area contributed by atoms with Gasteiger partial charge in [0.2, 0.25) is 0 Å². The zero-order chi connectivity index (χ0) is 9.80. The molecule has 0 saturated carbocycles. The molecule has 2 nitrogen and oxygen atoms in total. The van der Waals surface area contributed by atoms with Crippen LogP contribution in [0.15, 0.2) is 12.4 Å². The summed E-state index contributed by atoms with van der Waals surface area (Å²) in [6.45, 7) is 0. The maximum Gasteiger partial charge on any atom is 0.101 e. The highest BCUT2D eigenvalue weighted by atomic mass is 14.6. The summed E-state index contributed by atoms with van der Waals surface area (Å²) in [7, 11) is 0. The van der Waals surface area contributed by atoms with Gasteiger partial charge in [-0.3, -0.25) is 4.98 Å². The Labute approximate surface area is 84.6 Å². The Morgan fingerprint density at radius 1 is 1.07 bits per heavy atom. The van der Waals surface area contributed by atoms with Crippen molar-refractivity contribution in [2.45, 2.75) is 38.5 Å². The van der Waals surface area contributed by atoms with Crippen LogP contribution in [-0.2, 0) is 12.8 Å². The van der Waals surface area contributed by atoms with Gasteiger partial charge in [-0.05, 0) is 36.8 Å².